The van der Waals surface area contributed by atoms with Crippen LogP contribution in [0, 0.1) is 5.41 Å². The van der Waals surface area contributed by atoms with Gasteiger partial charge in [0, 0.05) is 18.1 Å². The monoisotopic (exact) mass is 212 g/mol. The van der Waals surface area contributed by atoms with E-state index in [1.165, 1.54) is 19.3 Å². The molecule has 0 aliphatic heterocycles. The number of nitrogens with one attached hydrogen (secondary N) is 1. The zero-order valence-corrected chi connectivity index (χ0v) is 11.3. The third kappa shape index (κ3) is 2.73. The highest BCUT2D eigenvalue weighted by Gasteiger charge is 2.39. The van der Waals surface area contributed by atoms with Crippen molar-refractivity contribution in [3.8, 4) is 0 Å². The molecule has 2 unspecified atom stereocenters. The van der Waals surface area contributed by atoms with Gasteiger partial charge in [0.1, 0.15) is 0 Å². The molecule has 0 bridgehead atoms. The quantitative estimate of drug-likeness (QED) is 0.773. The van der Waals surface area contributed by atoms with E-state index < -0.39 is 0 Å². The van der Waals surface area contributed by atoms with E-state index >= 15 is 0 Å². The molecular weight excluding hydrogens is 184 g/mol. The Kier molecular flexibility index (Phi) is 4.19. The predicted molar refractivity (Wildman–Crippen MR) is 67.2 cm³/mol. The second-order valence-corrected chi connectivity index (χ2v) is 5.97. The highest BCUT2D eigenvalue weighted by Crippen LogP contribution is 2.37. The summed E-state index contributed by atoms with van der Waals surface area (Å²) < 4.78 is 0. The summed E-state index contributed by atoms with van der Waals surface area (Å²) in [4.78, 5) is 2.53. The molecule has 0 radical (unpaired) electrons. The van der Waals surface area contributed by atoms with Crippen LogP contribution < -0.4 is 5.32 Å². The Morgan fingerprint density at radius 3 is 2.40 bits per heavy atom. The van der Waals surface area contributed by atoms with Crippen molar-refractivity contribution in [1.82, 2.24) is 10.2 Å². The van der Waals surface area contributed by atoms with Crippen LogP contribution in [0.1, 0.15) is 47.0 Å². The van der Waals surface area contributed by atoms with Gasteiger partial charge in [0.25, 0.3) is 0 Å². The van der Waals surface area contributed by atoms with Gasteiger partial charge in [0.15, 0.2) is 0 Å². The molecule has 0 aromatic carbocycles. The molecule has 1 fully saturated rings. The molecule has 1 N–H and O–H groups in total. The van der Waals surface area contributed by atoms with Gasteiger partial charge in [-0.25, -0.2) is 0 Å². The number of hydrogen-bond donors (Lipinski definition) is 1. The molecule has 0 amide bonds. The van der Waals surface area contributed by atoms with Crippen LogP contribution in [0.15, 0.2) is 0 Å². The van der Waals surface area contributed by atoms with Crippen molar-refractivity contribution in [2.24, 2.45) is 5.41 Å². The van der Waals surface area contributed by atoms with Crippen LogP contribution in [0.2, 0.25) is 0 Å². The summed E-state index contributed by atoms with van der Waals surface area (Å²) in [5.74, 6) is 0. The third-order valence-electron chi connectivity index (χ3n) is 4.20. The molecule has 1 saturated carbocycles. The van der Waals surface area contributed by atoms with Crippen LogP contribution in [0.4, 0.5) is 0 Å². The van der Waals surface area contributed by atoms with Gasteiger partial charge in [0.05, 0.1) is 0 Å². The third-order valence-corrected chi connectivity index (χ3v) is 4.20. The fourth-order valence-corrected chi connectivity index (χ4v) is 3.01. The Labute approximate surface area is 95.4 Å². The predicted octanol–water partition coefficient (Wildman–Crippen LogP) is 2.49. The van der Waals surface area contributed by atoms with Crippen molar-refractivity contribution >= 4 is 0 Å². The van der Waals surface area contributed by atoms with Gasteiger partial charge >= 0.3 is 0 Å². The van der Waals surface area contributed by atoms with Crippen LogP contribution in [0.25, 0.3) is 0 Å². The highest BCUT2D eigenvalue weighted by molar-refractivity contribution is 4.97. The molecule has 2 atom stereocenters. The number of nitrogens with zero attached hydrogens (tertiary/aromatic N) is 1. The van der Waals surface area contributed by atoms with E-state index in [9.17, 15) is 0 Å². The Balaban J connectivity index is 2.78. The van der Waals surface area contributed by atoms with Gasteiger partial charge in [-0.3, -0.25) is 4.90 Å². The summed E-state index contributed by atoms with van der Waals surface area (Å²) in [5, 5.41) is 3.54. The lowest BCUT2D eigenvalue weighted by Gasteiger charge is -2.48. The molecule has 15 heavy (non-hydrogen) atoms. The first-order valence-corrected chi connectivity index (χ1v) is 6.29. The normalized spacial score (nSPS) is 31.2. The van der Waals surface area contributed by atoms with Crippen LogP contribution in [0.5, 0.6) is 0 Å². The van der Waals surface area contributed by atoms with Gasteiger partial charge in [-0.05, 0) is 46.2 Å². The first-order chi connectivity index (χ1) is 6.90. The molecule has 1 aliphatic rings. The Morgan fingerprint density at radius 1 is 1.33 bits per heavy atom. The second-order valence-electron chi connectivity index (χ2n) is 5.97. The van der Waals surface area contributed by atoms with E-state index in [4.69, 9.17) is 0 Å². The SMILES string of the molecule is CNC1C(N(C)C(C)C)CCCC1(C)C. The molecular formula is C13H28N2. The van der Waals surface area contributed by atoms with Crippen LogP contribution in [-0.2, 0) is 0 Å². The topological polar surface area (TPSA) is 15.3 Å². The van der Waals surface area contributed by atoms with Crippen LogP contribution >= 0.6 is 0 Å². The van der Waals surface area contributed by atoms with E-state index in [0.29, 0.717) is 23.5 Å². The first kappa shape index (κ1) is 13.0. The Hall–Kier alpha value is -0.0800. The average molecular weight is 212 g/mol. The fraction of sp³-hybridized carbons (Fsp3) is 1.00. The minimum Gasteiger partial charge on any atom is -0.315 e. The summed E-state index contributed by atoms with van der Waals surface area (Å²) in [6, 6.07) is 1.96. The van der Waals surface area contributed by atoms with Crippen LogP contribution in [-0.4, -0.2) is 37.1 Å². The average Bonchev–Trinajstić information content (AvgIpc) is 2.14. The van der Waals surface area contributed by atoms with Gasteiger partial charge in [-0.1, -0.05) is 20.3 Å². The van der Waals surface area contributed by atoms with Crippen molar-refractivity contribution in [3.63, 3.8) is 0 Å². The smallest absolute Gasteiger partial charge is 0.0271 e. The van der Waals surface area contributed by atoms with Crippen molar-refractivity contribution in [1.29, 1.82) is 0 Å². The van der Waals surface area contributed by atoms with E-state index in [1.54, 1.807) is 0 Å². The molecule has 1 aliphatic carbocycles. The van der Waals surface area contributed by atoms with E-state index in [1.807, 2.05) is 0 Å². The zero-order valence-electron chi connectivity index (χ0n) is 11.3. The molecule has 2 heteroatoms. The van der Waals surface area contributed by atoms with Gasteiger partial charge < -0.3 is 5.32 Å². The van der Waals surface area contributed by atoms with Gasteiger partial charge in [-0.15, -0.1) is 0 Å². The maximum Gasteiger partial charge on any atom is 0.0271 e. The Bertz CT molecular complexity index is 199. The fourth-order valence-electron chi connectivity index (χ4n) is 3.01. The summed E-state index contributed by atoms with van der Waals surface area (Å²) in [5.41, 5.74) is 0.431. The maximum atomic E-state index is 3.54. The highest BCUT2D eigenvalue weighted by atomic mass is 15.2. The molecule has 1 rings (SSSR count). The van der Waals surface area contributed by atoms with Crippen LogP contribution in [0.3, 0.4) is 0 Å². The number of rotatable bonds is 3. The molecule has 0 aromatic heterocycles. The number of hydrogen-bond acceptors (Lipinski definition) is 2. The molecule has 90 valence electrons. The molecule has 0 heterocycles. The summed E-state index contributed by atoms with van der Waals surface area (Å²) >= 11 is 0. The number of likely N-dealkylation sites (N-methyl/N-ethyl adjacent to an activating group) is 2. The van der Waals surface area contributed by atoms with Crippen molar-refractivity contribution in [3.05, 3.63) is 0 Å². The summed E-state index contributed by atoms with van der Waals surface area (Å²) in [7, 11) is 4.37. The maximum absolute atomic E-state index is 3.54. The largest absolute Gasteiger partial charge is 0.315 e. The van der Waals surface area contributed by atoms with Crippen molar-refractivity contribution in [2.45, 2.75) is 65.1 Å². The van der Waals surface area contributed by atoms with E-state index in [-0.39, 0.29) is 0 Å². The molecule has 0 spiro atoms. The minimum absolute atomic E-state index is 0.431. The van der Waals surface area contributed by atoms with Crippen molar-refractivity contribution < 1.29 is 0 Å². The molecule has 0 saturated heterocycles. The summed E-state index contributed by atoms with van der Waals surface area (Å²) in [6.07, 6.45) is 4.05. The lowest BCUT2D eigenvalue weighted by Crippen LogP contribution is -2.58. The molecule has 0 aromatic rings. The Morgan fingerprint density at radius 2 is 1.93 bits per heavy atom. The van der Waals surface area contributed by atoms with Crippen molar-refractivity contribution in [2.75, 3.05) is 14.1 Å². The summed E-state index contributed by atoms with van der Waals surface area (Å²) in [6.45, 7) is 9.37. The minimum atomic E-state index is 0.431. The zero-order chi connectivity index (χ0) is 11.6. The lowest BCUT2D eigenvalue weighted by molar-refractivity contribution is 0.0514. The van der Waals surface area contributed by atoms with E-state index in [2.05, 4.69) is 52.0 Å². The van der Waals surface area contributed by atoms with Gasteiger partial charge in [0.2, 0.25) is 0 Å². The van der Waals surface area contributed by atoms with E-state index in [0.717, 1.165) is 0 Å². The second kappa shape index (κ2) is 4.84. The van der Waals surface area contributed by atoms with Gasteiger partial charge in [-0.2, -0.15) is 0 Å². The first-order valence-electron chi connectivity index (χ1n) is 6.29. The standard InChI is InChI=1S/C13H28N2/c1-10(2)15(6)11-8-7-9-13(3,4)12(11)14-5/h10-12,14H,7-9H2,1-6H3. The molecule has 2 nitrogen and oxygen atoms in total. The lowest BCUT2D eigenvalue weighted by atomic mass is 9.70.